The van der Waals surface area contributed by atoms with Gasteiger partial charge in [0.05, 0.1) is 0 Å². The number of esters is 1. The van der Waals surface area contributed by atoms with E-state index in [1.54, 1.807) is 0 Å². The molecular weight excluding hydrogens is 248 g/mol. The largest absolute Gasteiger partial charge is 0.461 e. The Balaban J connectivity index is 3.19. The smallest absolute Gasteiger partial charge is 0.306 e. The normalized spacial score (nSPS) is 11.1. The van der Waals surface area contributed by atoms with Gasteiger partial charge < -0.3 is 4.74 Å². The molecule has 0 rings (SSSR count). The van der Waals surface area contributed by atoms with Crippen LogP contribution in [0, 0.1) is 0 Å². The zero-order valence-electron chi connectivity index (χ0n) is 13.7. The van der Waals surface area contributed by atoms with Crippen LogP contribution in [0.5, 0.6) is 0 Å². The standard InChI is InChI=1S/C18H34O2/c1-3-5-7-9-10-11-12-13-14-16-18(19)20-17-15-8-6-4-2/h8,15H,3-7,9-14,16-17H2,1-2H3. The number of rotatable bonds is 14. The minimum atomic E-state index is -0.0471. The van der Waals surface area contributed by atoms with E-state index in [-0.39, 0.29) is 5.97 Å². The highest BCUT2D eigenvalue weighted by atomic mass is 16.5. The number of unbranched alkanes of at least 4 members (excludes halogenated alkanes) is 9. The predicted octanol–water partition coefficient (Wildman–Crippen LogP) is 5.81. The Bertz CT molecular complexity index is 234. The van der Waals surface area contributed by atoms with Crippen LogP contribution in [0.15, 0.2) is 12.2 Å². The van der Waals surface area contributed by atoms with E-state index in [0.29, 0.717) is 13.0 Å². The first-order chi connectivity index (χ1) is 9.81. The Morgan fingerprint density at radius 2 is 1.40 bits per heavy atom. The van der Waals surface area contributed by atoms with Crippen molar-refractivity contribution in [2.45, 2.75) is 90.9 Å². The third kappa shape index (κ3) is 15.3. The van der Waals surface area contributed by atoms with Crippen LogP contribution in [0.1, 0.15) is 90.9 Å². The van der Waals surface area contributed by atoms with Gasteiger partial charge >= 0.3 is 5.97 Å². The van der Waals surface area contributed by atoms with Crippen LogP contribution >= 0.6 is 0 Å². The second-order valence-corrected chi connectivity index (χ2v) is 5.52. The molecule has 0 amide bonds. The van der Waals surface area contributed by atoms with E-state index in [9.17, 15) is 4.79 Å². The molecule has 0 unspecified atom stereocenters. The van der Waals surface area contributed by atoms with Crippen molar-refractivity contribution in [1.82, 2.24) is 0 Å². The zero-order chi connectivity index (χ0) is 14.9. The van der Waals surface area contributed by atoms with Crippen LogP contribution in [-0.4, -0.2) is 12.6 Å². The Hall–Kier alpha value is -0.790. The lowest BCUT2D eigenvalue weighted by molar-refractivity contribution is -0.142. The summed E-state index contributed by atoms with van der Waals surface area (Å²) in [5.41, 5.74) is 0. The number of carbonyl (C=O) groups excluding carboxylic acids is 1. The minimum Gasteiger partial charge on any atom is -0.461 e. The van der Waals surface area contributed by atoms with E-state index in [4.69, 9.17) is 4.74 Å². The van der Waals surface area contributed by atoms with Crippen LogP contribution in [0.4, 0.5) is 0 Å². The molecule has 0 aromatic rings. The van der Waals surface area contributed by atoms with Crippen molar-refractivity contribution in [1.29, 1.82) is 0 Å². The van der Waals surface area contributed by atoms with E-state index < -0.39 is 0 Å². The Morgan fingerprint density at radius 3 is 2.00 bits per heavy atom. The lowest BCUT2D eigenvalue weighted by Crippen LogP contribution is -2.03. The first kappa shape index (κ1) is 19.2. The van der Waals surface area contributed by atoms with Crippen molar-refractivity contribution in [2.24, 2.45) is 0 Å². The summed E-state index contributed by atoms with van der Waals surface area (Å²) in [7, 11) is 0. The molecule has 2 nitrogen and oxygen atoms in total. The summed E-state index contributed by atoms with van der Waals surface area (Å²) in [4.78, 5) is 11.4. The van der Waals surface area contributed by atoms with Crippen LogP contribution in [0.2, 0.25) is 0 Å². The molecule has 0 saturated heterocycles. The molecule has 0 aromatic carbocycles. The zero-order valence-corrected chi connectivity index (χ0v) is 13.7. The Morgan fingerprint density at radius 1 is 0.800 bits per heavy atom. The average molecular weight is 282 g/mol. The number of hydrogen-bond donors (Lipinski definition) is 0. The highest BCUT2D eigenvalue weighted by Gasteiger charge is 2.01. The summed E-state index contributed by atoms with van der Waals surface area (Å²) in [5, 5.41) is 0. The van der Waals surface area contributed by atoms with Crippen molar-refractivity contribution >= 4 is 5.97 Å². The fraction of sp³-hybridized carbons (Fsp3) is 0.833. The maximum absolute atomic E-state index is 11.4. The molecule has 0 atom stereocenters. The van der Waals surface area contributed by atoms with Gasteiger partial charge in [-0.3, -0.25) is 4.79 Å². The van der Waals surface area contributed by atoms with E-state index in [1.807, 2.05) is 6.08 Å². The third-order valence-electron chi connectivity index (χ3n) is 3.45. The van der Waals surface area contributed by atoms with Gasteiger partial charge in [0, 0.05) is 6.42 Å². The monoisotopic (exact) mass is 282 g/mol. The summed E-state index contributed by atoms with van der Waals surface area (Å²) < 4.78 is 5.13. The molecule has 0 radical (unpaired) electrons. The van der Waals surface area contributed by atoms with Crippen molar-refractivity contribution in [2.75, 3.05) is 6.61 Å². The molecular formula is C18H34O2. The molecule has 0 bridgehead atoms. The number of ether oxygens (including phenoxy) is 1. The van der Waals surface area contributed by atoms with Gasteiger partial charge in [-0.05, 0) is 12.8 Å². The molecule has 2 heteroatoms. The highest BCUT2D eigenvalue weighted by Crippen LogP contribution is 2.10. The van der Waals surface area contributed by atoms with Gasteiger partial charge in [-0.1, -0.05) is 83.8 Å². The van der Waals surface area contributed by atoms with Gasteiger partial charge in [0.25, 0.3) is 0 Å². The van der Waals surface area contributed by atoms with Gasteiger partial charge in [-0.2, -0.15) is 0 Å². The Labute approximate surface area is 126 Å². The van der Waals surface area contributed by atoms with Crippen molar-refractivity contribution < 1.29 is 9.53 Å². The molecule has 0 saturated carbocycles. The van der Waals surface area contributed by atoms with Gasteiger partial charge in [0.1, 0.15) is 6.61 Å². The molecule has 0 heterocycles. The summed E-state index contributed by atoms with van der Waals surface area (Å²) in [6.07, 6.45) is 18.3. The SMILES string of the molecule is CCCC=CCOC(=O)CCCCCCCCCCC. The number of allylic oxidation sites excluding steroid dienone is 1. The first-order valence-electron chi connectivity index (χ1n) is 8.61. The lowest BCUT2D eigenvalue weighted by atomic mass is 10.1. The van der Waals surface area contributed by atoms with Crippen LogP contribution < -0.4 is 0 Å². The maximum atomic E-state index is 11.4. The summed E-state index contributed by atoms with van der Waals surface area (Å²) in [6, 6.07) is 0. The second-order valence-electron chi connectivity index (χ2n) is 5.52. The topological polar surface area (TPSA) is 26.3 Å². The molecule has 0 aliphatic carbocycles. The number of carbonyl (C=O) groups is 1. The predicted molar refractivity (Wildman–Crippen MR) is 86.9 cm³/mol. The molecule has 0 aromatic heterocycles. The van der Waals surface area contributed by atoms with Crippen LogP contribution in [0.25, 0.3) is 0 Å². The van der Waals surface area contributed by atoms with E-state index in [0.717, 1.165) is 25.7 Å². The van der Waals surface area contributed by atoms with Crippen LogP contribution in [-0.2, 0) is 9.53 Å². The quantitative estimate of drug-likeness (QED) is 0.228. The minimum absolute atomic E-state index is 0.0471. The van der Waals surface area contributed by atoms with E-state index in [1.165, 1.54) is 44.9 Å². The fourth-order valence-electron chi connectivity index (χ4n) is 2.15. The molecule has 0 aliphatic rings. The highest BCUT2D eigenvalue weighted by molar-refractivity contribution is 5.69. The lowest BCUT2D eigenvalue weighted by Gasteiger charge is -2.03. The number of hydrogen-bond acceptors (Lipinski definition) is 2. The molecule has 118 valence electrons. The molecule has 0 aliphatic heterocycles. The van der Waals surface area contributed by atoms with Crippen molar-refractivity contribution in [3.05, 3.63) is 12.2 Å². The average Bonchev–Trinajstić information content (AvgIpc) is 2.45. The van der Waals surface area contributed by atoms with Crippen molar-refractivity contribution in [3.63, 3.8) is 0 Å². The molecule has 0 N–H and O–H groups in total. The molecule has 0 fully saturated rings. The first-order valence-corrected chi connectivity index (χ1v) is 8.61. The fourth-order valence-corrected chi connectivity index (χ4v) is 2.15. The maximum Gasteiger partial charge on any atom is 0.306 e. The second kappa shape index (κ2) is 16.3. The van der Waals surface area contributed by atoms with Gasteiger partial charge in [0.15, 0.2) is 0 Å². The summed E-state index contributed by atoms with van der Waals surface area (Å²) in [6.45, 7) is 4.83. The van der Waals surface area contributed by atoms with E-state index in [2.05, 4.69) is 19.9 Å². The van der Waals surface area contributed by atoms with Crippen LogP contribution in [0.3, 0.4) is 0 Å². The summed E-state index contributed by atoms with van der Waals surface area (Å²) in [5.74, 6) is -0.0471. The van der Waals surface area contributed by atoms with Gasteiger partial charge in [-0.25, -0.2) is 0 Å². The molecule has 20 heavy (non-hydrogen) atoms. The van der Waals surface area contributed by atoms with Crippen molar-refractivity contribution in [3.8, 4) is 0 Å². The molecule has 0 spiro atoms. The third-order valence-corrected chi connectivity index (χ3v) is 3.45. The summed E-state index contributed by atoms with van der Waals surface area (Å²) >= 11 is 0. The van der Waals surface area contributed by atoms with Gasteiger partial charge in [0.2, 0.25) is 0 Å². The Kier molecular flexibility index (Phi) is 15.6. The van der Waals surface area contributed by atoms with Gasteiger partial charge in [-0.15, -0.1) is 0 Å². The van der Waals surface area contributed by atoms with E-state index >= 15 is 0 Å².